The molecule has 1 aromatic rings. The van der Waals surface area contributed by atoms with Gasteiger partial charge in [-0.1, -0.05) is 6.42 Å². The normalized spacial score (nSPS) is 21.9. The maximum atomic E-state index is 12.9. The molecule has 1 aliphatic carbocycles. The summed E-state index contributed by atoms with van der Waals surface area (Å²) in [4.78, 5) is 28.1. The van der Waals surface area contributed by atoms with Crippen molar-refractivity contribution < 1.29 is 14.3 Å². The summed E-state index contributed by atoms with van der Waals surface area (Å²) in [7, 11) is 2.07. The predicted octanol–water partition coefficient (Wildman–Crippen LogP) is 2.04. The molecule has 3 rings (SSSR count). The lowest BCUT2D eigenvalue weighted by Gasteiger charge is -2.37. The van der Waals surface area contributed by atoms with Gasteiger partial charge in [-0.2, -0.15) is 0 Å². The fraction of sp³-hybridized carbons (Fsp3) is 0.647. The number of amides is 1. The van der Waals surface area contributed by atoms with Crippen molar-refractivity contribution in [1.82, 2.24) is 14.4 Å². The van der Waals surface area contributed by atoms with Crippen molar-refractivity contribution >= 4 is 12.5 Å². The van der Waals surface area contributed by atoms with Crippen LogP contribution < -0.4 is 0 Å². The topological polar surface area (TPSA) is 54.8 Å². The van der Waals surface area contributed by atoms with Gasteiger partial charge >= 0.3 is 6.03 Å². The molecule has 1 aromatic heterocycles. The summed E-state index contributed by atoms with van der Waals surface area (Å²) < 4.78 is 7.21. The molecule has 23 heavy (non-hydrogen) atoms. The number of ether oxygens (including phenoxy) is 1. The predicted molar refractivity (Wildman–Crippen MR) is 86.2 cm³/mol. The van der Waals surface area contributed by atoms with E-state index in [1.54, 1.807) is 10.8 Å². The van der Waals surface area contributed by atoms with Crippen LogP contribution in [0.25, 0.3) is 0 Å². The standard InChI is InChI=1S/C17H25N3O3/c1-18-10-12-19(13-11-18)16(22)20-9-5-6-15(20)17(23-14-21)7-3-2-4-8-17/h5-6,9,14H,2-4,7-8,10-13H2,1H3. The summed E-state index contributed by atoms with van der Waals surface area (Å²) in [6.07, 6.45) is 6.54. The van der Waals surface area contributed by atoms with E-state index in [1.807, 2.05) is 17.0 Å². The van der Waals surface area contributed by atoms with Gasteiger partial charge in [-0.15, -0.1) is 0 Å². The van der Waals surface area contributed by atoms with Crippen LogP contribution >= 0.6 is 0 Å². The van der Waals surface area contributed by atoms with Crippen molar-refractivity contribution in [2.24, 2.45) is 0 Å². The number of likely N-dealkylation sites (N-methyl/N-ethyl adjacent to an activating group) is 1. The first-order valence-electron chi connectivity index (χ1n) is 8.43. The second-order valence-electron chi connectivity index (χ2n) is 6.61. The number of aromatic nitrogens is 1. The largest absolute Gasteiger partial charge is 0.455 e. The first kappa shape index (κ1) is 16.1. The van der Waals surface area contributed by atoms with Crippen LogP contribution in [0.2, 0.25) is 0 Å². The Hall–Kier alpha value is -1.82. The third-order valence-corrected chi connectivity index (χ3v) is 5.13. The maximum Gasteiger partial charge on any atom is 0.328 e. The lowest BCUT2D eigenvalue weighted by atomic mass is 9.82. The first-order valence-corrected chi connectivity index (χ1v) is 8.43. The molecule has 0 aromatic carbocycles. The average molecular weight is 319 g/mol. The smallest absolute Gasteiger partial charge is 0.328 e. The zero-order valence-electron chi connectivity index (χ0n) is 13.7. The van der Waals surface area contributed by atoms with Crippen LogP contribution in [0.4, 0.5) is 4.79 Å². The molecule has 1 saturated carbocycles. The number of rotatable bonds is 3. The molecule has 0 bridgehead atoms. The monoisotopic (exact) mass is 319 g/mol. The molecule has 1 amide bonds. The minimum Gasteiger partial charge on any atom is -0.455 e. The Labute approximate surface area is 137 Å². The lowest BCUT2D eigenvalue weighted by Crippen LogP contribution is -2.49. The molecule has 1 saturated heterocycles. The summed E-state index contributed by atoms with van der Waals surface area (Å²) in [5.74, 6) is 0. The number of carbonyl (C=O) groups excluding carboxylic acids is 2. The van der Waals surface area contributed by atoms with Gasteiger partial charge in [0.2, 0.25) is 0 Å². The van der Waals surface area contributed by atoms with E-state index in [-0.39, 0.29) is 6.03 Å². The molecule has 0 radical (unpaired) electrons. The molecular weight excluding hydrogens is 294 g/mol. The van der Waals surface area contributed by atoms with Crippen molar-refractivity contribution in [3.63, 3.8) is 0 Å². The number of hydrogen-bond donors (Lipinski definition) is 0. The zero-order valence-corrected chi connectivity index (χ0v) is 13.7. The van der Waals surface area contributed by atoms with Crippen LogP contribution in [0.1, 0.15) is 37.8 Å². The van der Waals surface area contributed by atoms with Crippen LogP contribution in [-0.4, -0.2) is 60.1 Å². The summed E-state index contributed by atoms with van der Waals surface area (Å²) in [5, 5.41) is 0. The Morgan fingerprint density at radius 3 is 2.52 bits per heavy atom. The van der Waals surface area contributed by atoms with E-state index in [1.165, 1.54) is 0 Å². The third kappa shape index (κ3) is 3.13. The fourth-order valence-electron chi connectivity index (χ4n) is 3.72. The quantitative estimate of drug-likeness (QED) is 0.800. The second-order valence-corrected chi connectivity index (χ2v) is 6.61. The summed E-state index contributed by atoms with van der Waals surface area (Å²) >= 11 is 0. The van der Waals surface area contributed by atoms with Gasteiger partial charge in [0.05, 0.1) is 5.69 Å². The molecule has 2 aliphatic rings. The van der Waals surface area contributed by atoms with E-state index in [9.17, 15) is 9.59 Å². The Balaban J connectivity index is 1.85. The molecule has 0 unspecified atom stereocenters. The number of piperazine rings is 1. The Kier molecular flexibility index (Phi) is 4.71. The van der Waals surface area contributed by atoms with Crippen molar-refractivity contribution in [2.75, 3.05) is 33.2 Å². The molecule has 0 atom stereocenters. The number of hydrogen-bond acceptors (Lipinski definition) is 4. The van der Waals surface area contributed by atoms with Crippen LogP contribution in [0, 0.1) is 0 Å². The van der Waals surface area contributed by atoms with Gasteiger partial charge in [0, 0.05) is 32.4 Å². The van der Waals surface area contributed by atoms with Crippen LogP contribution in [0.5, 0.6) is 0 Å². The SMILES string of the molecule is CN1CCN(C(=O)n2cccc2C2(OC=O)CCCCC2)CC1. The minimum absolute atomic E-state index is 0.0162. The van der Waals surface area contributed by atoms with E-state index < -0.39 is 5.60 Å². The Morgan fingerprint density at radius 2 is 1.87 bits per heavy atom. The summed E-state index contributed by atoms with van der Waals surface area (Å²) in [6.45, 7) is 3.77. The molecular formula is C17H25N3O3. The van der Waals surface area contributed by atoms with Gasteiger partial charge < -0.3 is 14.5 Å². The van der Waals surface area contributed by atoms with Crippen molar-refractivity contribution in [1.29, 1.82) is 0 Å². The van der Waals surface area contributed by atoms with Crippen LogP contribution in [0.3, 0.4) is 0 Å². The van der Waals surface area contributed by atoms with E-state index in [0.717, 1.165) is 64.0 Å². The van der Waals surface area contributed by atoms with Gasteiger partial charge in [0.25, 0.3) is 6.47 Å². The van der Waals surface area contributed by atoms with E-state index in [4.69, 9.17) is 4.74 Å². The maximum absolute atomic E-state index is 12.9. The minimum atomic E-state index is -0.647. The lowest BCUT2D eigenvalue weighted by molar-refractivity contribution is -0.149. The zero-order chi connectivity index (χ0) is 16.3. The van der Waals surface area contributed by atoms with Gasteiger partial charge in [-0.25, -0.2) is 4.79 Å². The van der Waals surface area contributed by atoms with Gasteiger partial charge in [-0.05, 0) is 44.9 Å². The Morgan fingerprint density at radius 1 is 1.17 bits per heavy atom. The highest BCUT2D eigenvalue weighted by Crippen LogP contribution is 2.40. The van der Waals surface area contributed by atoms with Crippen LogP contribution in [-0.2, 0) is 15.1 Å². The molecule has 126 valence electrons. The highest BCUT2D eigenvalue weighted by molar-refractivity contribution is 5.78. The highest BCUT2D eigenvalue weighted by atomic mass is 16.5. The average Bonchev–Trinajstić information content (AvgIpc) is 3.06. The number of carbonyl (C=O) groups is 2. The summed E-state index contributed by atoms with van der Waals surface area (Å²) in [5.41, 5.74) is 0.166. The first-order chi connectivity index (χ1) is 11.2. The number of nitrogens with zero attached hydrogens (tertiary/aromatic N) is 3. The van der Waals surface area contributed by atoms with Crippen LogP contribution in [0.15, 0.2) is 18.3 Å². The molecule has 0 N–H and O–H groups in total. The highest BCUT2D eigenvalue weighted by Gasteiger charge is 2.39. The molecule has 2 heterocycles. The Bertz CT molecular complexity index is 555. The molecule has 2 fully saturated rings. The third-order valence-electron chi connectivity index (χ3n) is 5.13. The second kappa shape index (κ2) is 6.74. The van der Waals surface area contributed by atoms with Gasteiger partial charge in [0.15, 0.2) is 5.60 Å². The molecule has 0 spiro atoms. The fourth-order valence-corrected chi connectivity index (χ4v) is 3.72. The van der Waals surface area contributed by atoms with E-state index in [0.29, 0.717) is 6.47 Å². The van der Waals surface area contributed by atoms with Crippen molar-refractivity contribution in [3.05, 3.63) is 24.0 Å². The van der Waals surface area contributed by atoms with E-state index in [2.05, 4.69) is 11.9 Å². The van der Waals surface area contributed by atoms with E-state index >= 15 is 0 Å². The van der Waals surface area contributed by atoms with Crippen molar-refractivity contribution in [2.45, 2.75) is 37.7 Å². The molecule has 1 aliphatic heterocycles. The molecule has 6 nitrogen and oxygen atoms in total. The van der Waals surface area contributed by atoms with Gasteiger partial charge in [0.1, 0.15) is 0 Å². The summed E-state index contributed by atoms with van der Waals surface area (Å²) in [6, 6.07) is 3.77. The molecule has 6 heteroatoms. The van der Waals surface area contributed by atoms with Crippen molar-refractivity contribution in [3.8, 4) is 0 Å². The van der Waals surface area contributed by atoms with Gasteiger partial charge in [-0.3, -0.25) is 9.36 Å².